The fraction of sp³-hybridized carbons (Fsp3) is 0. The van der Waals surface area contributed by atoms with Crippen molar-refractivity contribution in [2.24, 2.45) is 0 Å². The number of nitrogens with zero attached hydrogens (tertiary/aromatic N) is 1. The minimum atomic E-state index is 0.902. The monoisotopic (exact) mass is 637 g/mol. The van der Waals surface area contributed by atoms with Crippen LogP contribution < -0.4 is 4.90 Å². The molecule has 0 aliphatic heterocycles. The Morgan fingerprint density at radius 1 is 0.320 bits per heavy atom. The molecular weight excluding hydrogens is 607 g/mol. The van der Waals surface area contributed by atoms with Crippen molar-refractivity contribution < 1.29 is 4.42 Å². The molecule has 234 valence electrons. The highest BCUT2D eigenvalue weighted by molar-refractivity contribution is 6.19. The van der Waals surface area contributed by atoms with Crippen LogP contribution in [0.3, 0.4) is 0 Å². The number of anilines is 3. The van der Waals surface area contributed by atoms with Gasteiger partial charge in [0, 0.05) is 33.2 Å². The maximum absolute atomic E-state index is 6.54. The first kappa shape index (κ1) is 28.4. The van der Waals surface area contributed by atoms with Crippen LogP contribution in [-0.4, -0.2) is 0 Å². The molecule has 1 aromatic heterocycles. The third-order valence-electron chi connectivity index (χ3n) is 10.0. The molecule has 9 aromatic carbocycles. The van der Waals surface area contributed by atoms with Crippen LogP contribution in [0.4, 0.5) is 17.1 Å². The van der Waals surface area contributed by atoms with E-state index in [4.69, 9.17) is 4.42 Å². The van der Waals surface area contributed by atoms with Gasteiger partial charge in [0.05, 0.1) is 0 Å². The van der Waals surface area contributed by atoms with Gasteiger partial charge in [-0.3, -0.25) is 0 Å². The van der Waals surface area contributed by atoms with Gasteiger partial charge in [-0.25, -0.2) is 0 Å². The zero-order valence-corrected chi connectivity index (χ0v) is 27.3. The number of para-hydroxylation sites is 1. The van der Waals surface area contributed by atoms with E-state index in [-0.39, 0.29) is 0 Å². The van der Waals surface area contributed by atoms with Gasteiger partial charge in [0.15, 0.2) is 0 Å². The van der Waals surface area contributed by atoms with Crippen LogP contribution in [0.15, 0.2) is 192 Å². The van der Waals surface area contributed by atoms with Crippen molar-refractivity contribution in [1.29, 1.82) is 0 Å². The Hall–Kier alpha value is -6.64. The number of fused-ring (bicyclic) bond motifs is 8. The standard InChI is InChI=1S/C48H31NO/c1-3-11-32(12-4-1)35-23-28-47-45(30-35)46-31-44(42-17-9-10-18-43(42)48(46)50-47)34-21-24-38(25-22-34)49(37-14-5-2-6-15-37)39-26-27-41-36(29-39)20-19-33-13-7-8-16-40(33)41/h1-31H. The summed E-state index contributed by atoms with van der Waals surface area (Å²) in [6.45, 7) is 0. The predicted octanol–water partition coefficient (Wildman–Crippen LogP) is 13.8. The Labute approximate surface area is 290 Å². The lowest BCUT2D eigenvalue weighted by atomic mass is 9.94. The maximum atomic E-state index is 6.54. The molecule has 10 aromatic rings. The zero-order chi connectivity index (χ0) is 33.0. The van der Waals surface area contributed by atoms with Crippen molar-refractivity contribution >= 4 is 71.3 Å². The summed E-state index contributed by atoms with van der Waals surface area (Å²) in [4.78, 5) is 2.34. The van der Waals surface area contributed by atoms with Crippen LogP contribution in [0.25, 0.3) is 76.5 Å². The average Bonchev–Trinajstić information content (AvgIpc) is 3.57. The summed E-state index contributed by atoms with van der Waals surface area (Å²) in [5, 5.41) is 9.58. The molecule has 0 N–H and O–H groups in total. The normalized spacial score (nSPS) is 11.6. The highest BCUT2D eigenvalue weighted by Gasteiger charge is 2.17. The minimum absolute atomic E-state index is 0.902. The minimum Gasteiger partial charge on any atom is -0.455 e. The molecule has 0 unspecified atom stereocenters. The lowest BCUT2D eigenvalue weighted by Gasteiger charge is -2.26. The van der Waals surface area contributed by atoms with Crippen molar-refractivity contribution in [2.75, 3.05) is 4.90 Å². The summed E-state index contributed by atoms with van der Waals surface area (Å²) >= 11 is 0. The van der Waals surface area contributed by atoms with Crippen molar-refractivity contribution in [2.45, 2.75) is 0 Å². The maximum Gasteiger partial charge on any atom is 0.143 e. The molecule has 2 heteroatoms. The highest BCUT2D eigenvalue weighted by Crippen LogP contribution is 2.42. The van der Waals surface area contributed by atoms with Crippen LogP contribution >= 0.6 is 0 Å². The SMILES string of the molecule is c1ccc(-c2ccc3oc4c5ccccc5c(-c5ccc(N(c6ccccc6)c6ccc7c(ccc8ccccc87)c6)cc5)cc4c3c2)cc1. The van der Waals surface area contributed by atoms with Gasteiger partial charge in [0.25, 0.3) is 0 Å². The summed E-state index contributed by atoms with van der Waals surface area (Å²) in [5.74, 6) is 0. The van der Waals surface area contributed by atoms with Crippen LogP contribution in [0.2, 0.25) is 0 Å². The molecule has 0 saturated carbocycles. The van der Waals surface area contributed by atoms with E-state index in [0.717, 1.165) is 44.4 Å². The Morgan fingerprint density at radius 2 is 0.940 bits per heavy atom. The summed E-state index contributed by atoms with van der Waals surface area (Å²) < 4.78 is 6.54. The van der Waals surface area contributed by atoms with Gasteiger partial charge < -0.3 is 9.32 Å². The predicted molar refractivity (Wildman–Crippen MR) is 212 cm³/mol. The molecule has 1 heterocycles. The third kappa shape index (κ3) is 4.65. The van der Waals surface area contributed by atoms with Gasteiger partial charge in [0.1, 0.15) is 11.2 Å². The first-order chi connectivity index (χ1) is 24.8. The Kier molecular flexibility index (Phi) is 6.53. The van der Waals surface area contributed by atoms with E-state index in [9.17, 15) is 0 Å². The van der Waals surface area contributed by atoms with Gasteiger partial charge in [-0.2, -0.15) is 0 Å². The molecule has 0 radical (unpaired) electrons. The van der Waals surface area contributed by atoms with Crippen LogP contribution in [0.5, 0.6) is 0 Å². The Balaban J connectivity index is 1.11. The smallest absolute Gasteiger partial charge is 0.143 e. The number of furan rings is 1. The number of hydrogen-bond donors (Lipinski definition) is 0. The van der Waals surface area contributed by atoms with Gasteiger partial charge >= 0.3 is 0 Å². The summed E-state index contributed by atoms with van der Waals surface area (Å²) in [6, 6.07) is 67.5. The largest absolute Gasteiger partial charge is 0.455 e. The molecule has 0 fully saturated rings. The number of benzene rings is 9. The molecular formula is C48H31NO. The molecule has 0 spiro atoms. The van der Waals surface area contributed by atoms with E-state index in [2.05, 4.69) is 193 Å². The average molecular weight is 638 g/mol. The van der Waals surface area contributed by atoms with E-state index in [1.54, 1.807) is 0 Å². The first-order valence-electron chi connectivity index (χ1n) is 17.1. The topological polar surface area (TPSA) is 16.4 Å². The number of rotatable bonds is 5. The zero-order valence-electron chi connectivity index (χ0n) is 27.3. The van der Waals surface area contributed by atoms with E-state index in [1.165, 1.54) is 49.2 Å². The van der Waals surface area contributed by atoms with Gasteiger partial charge in [-0.1, -0.05) is 133 Å². The van der Waals surface area contributed by atoms with Crippen LogP contribution in [-0.2, 0) is 0 Å². The summed E-state index contributed by atoms with van der Waals surface area (Å²) in [5.41, 5.74) is 9.91. The lowest BCUT2D eigenvalue weighted by molar-refractivity contribution is 0.673. The molecule has 2 nitrogen and oxygen atoms in total. The second kappa shape index (κ2) is 11.5. The Morgan fingerprint density at radius 3 is 1.76 bits per heavy atom. The van der Waals surface area contributed by atoms with E-state index >= 15 is 0 Å². The molecule has 0 saturated heterocycles. The second-order valence-corrected chi connectivity index (χ2v) is 12.9. The van der Waals surface area contributed by atoms with Crippen molar-refractivity contribution in [1.82, 2.24) is 0 Å². The molecule has 50 heavy (non-hydrogen) atoms. The molecule has 0 bridgehead atoms. The molecule has 0 aliphatic carbocycles. The summed E-state index contributed by atoms with van der Waals surface area (Å²) in [7, 11) is 0. The molecule has 0 amide bonds. The summed E-state index contributed by atoms with van der Waals surface area (Å²) in [6.07, 6.45) is 0. The number of hydrogen-bond acceptors (Lipinski definition) is 2. The van der Waals surface area contributed by atoms with Gasteiger partial charge in [-0.15, -0.1) is 0 Å². The molecule has 10 rings (SSSR count). The van der Waals surface area contributed by atoms with E-state index in [0.29, 0.717) is 0 Å². The Bertz CT molecular complexity index is 2850. The molecule has 0 atom stereocenters. The quantitative estimate of drug-likeness (QED) is 0.175. The first-order valence-corrected chi connectivity index (χ1v) is 17.1. The van der Waals surface area contributed by atoms with Crippen LogP contribution in [0, 0.1) is 0 Å². The third-order valence-corrected chi connectivity index (χ3v) is 10.0. The highest BCUT2D eigenvalue weighted by atomic mass is 16.3. The van der Waals surface area contributed by atoms with E-state index < -0.39 is 0 Å². The second-order valence-electron chi connectivity index (χ2n) is 12.9. The van der Waals surface area contributed by atoms with Crippen LogP contribution in [0.1, 0.15) is 0 Å². The van der Waals surface area contributed by atoms with Crippen molar-refractivity contribution in [3.63, 3.8) is 0 Å². The van der Waals surface area contributed by atoms with Gasteiger partial charge in [-0.05, 0) is 104 Å². The fourth-order valence-electron chi connectivity index (χ4n) is 7.60. The molecule has 0 aliphatic rings. The lowest BCUT2D eigenvalue weighted by Crippen LogP contribution is -2.09. The van der Waals surface area contributed by atoms with E-state index in [1.807, 2.05) is 0 Å². The van der Waals surface area contributed by atoms with Crippen molar-refractivity contribution in [3.8, 4) is 22.3 Å². The van der Waals surface area contributed by atoms with Gasteiger partial charge in [0.2, 0.25) is 0 Å². The fourth-order valence-corrected chi connectivity index (χ4v) is 7.60. The van der Waals surface area contributed by atoms with Crippen molar-refractivity contribution in [3.05, 3.63) is 188 Å².